The number of methoxy groups -OCH3 is 1. The van der Waals surface area contributed by atoms with Crippen LogP contribution in [-0.4, -0.2) is 40.0 Å². The molecule has 7 nitrogen and oxygen atoms in total. The molecule has 0 unspecified atom stereocenters. The number of hydrogen-bond acceptors (Lipinski definition) is 6. The Labute approximate surface area is 158 Å². The highest BCUT2D eigenvalue weighted by molar-refractivity contribution is 5.43. The lowest BCUT2D eigenvalue weighted by Crippen LogP contribution is -2.39. The number of hydrogen-bond donors (Lipinski definition) is 1. The van der Waals surface area contributed by atoms with Gasteiger partial charge in [-0.2, -0.15) is 0 Å². The Morgan fingerprint density at radius 2 is 2.07 bits per heavy atom. The maximum Gasteiger partial charge on any atom is 0.143 e. The van der Waals surface area contributed by atoms with E-state index >= 15 is 0 Å². The van der Waals surface area contributed by atoms with Crippen molar-refractivity contribution in [3.05, 3.63) is 66.0 Å². The van der Waals surface area contributed by atoms with Crippen LogP contribution >= 0.6 is 0 Å². The molecule has 0 amide bonds. The quantitative estimate of drug-likeness (QED) is 0.724. The van der Waals surface area contributed by atoms with Gasteiger partial charge in [-0.3, -0.25) is 0 Å². The minimum atomic E-state index is 0.113. The normalized spacial score (nSPS) is 19.7. The number of ether oxygens (including phenoxy) is 2. The SMILES string of the molecule is COc1ccc(-n2cnnn2)cc1CO[C@H]1CCCN[C@H]1c1ccccc1. The Morgan fingerprint density at radius 1 is 1.19 bits per heavy atom. The van der Waals surface area contributed by atoms with Gasteiger partial charge in [-0.25, -0.2) is 4.68 Å². The molecule has 1 saturated heterocycles. The van der Waals surface area contributed by atoms with E-state index in [1.54, 1.807) is 18.1 Å². The standard InChI is InChI=1S/C20H23N5O2/c1-26-18-10-9-17(25-14-22-23-24-25)12-16(18)13-27-19-8-5-11-21-20(19)15-6-3-2-4-7-15/h2-4,6-7,9-10,12,14,19-21H,5,8,11,13H2,1H3/t19-,20-/m0/s1. The first-order valence-electron chi connectivity index (χ1n) is 9.15. The lowest BCUT2D eigenvalue weighted by atomic mass is 9.94. The summed E-state index contributed by atoms with van der Waals surface area (Å²) in [6.07, 6.45) is 3.82. The van der Waals surface area contributed by atoms with E-state index in [2.05, 4.69) is 45.1 Å². The van der Waals surface area contributed by atoms with E-state index in [0.29, 0.717) is 6.61 Å². The van der Waals surface area contributed by atoms with E-state index in [1.165, 1.54) is 5.56 Å². The minimum Gasteiger partial charge on any atom is -0.496 e. The molecule has 1 fully saturated rings. The van der Waals surface area contributed by atoms with E-state index in [0.717, 1.165) is 36.4 Å². The summed E-state index contributed by atoms with van der Waals surface area (Å²) in [6.45, 7) is 1.48. The number of nitrogens with zero attached hydrogens (tertiary/aromatic N) is 4. The molecule has 2 heterocycles. The van der Waals surface area contributed by atoms with E-state index in [9.17, 15) is 0 Å². The van der Waals surface area contributed by atoms with Crippen molar-refractivity contribution in [3.8, 4) is 11.4 Å². The third kappa shape index (κ3) is 3.99. The highest BCUT2D eigenvalue weighted by Crippen LogP contribution is 2.29. The van der Waals surface area contributed by atoms with Crippen molar-refractivity contribution in [3.63, 3.8) is 0 Å². The van der Waals surface area contributed by atoms with Gasteiger partial charge in [-0.05, 0) is 53.6 Å². The molecule has 27 heavy (non-hydrogen) atoms. The van der Waals surface area contributed by atoms with Crippen LogP contribution in [0.2, 0.25) is 0 Å². The summed E-state index contributed by atoms with van der Waals surface area (Å²) >= 11 is 0. The first kappa shape index (κ1) is 17.6. The molecule has 1 aromatic heterocycles. The van der Waals surface area contributed by atoms with Crippen LogP contribution in [0.15, 0.2) is 54.9 Å². The van der Waals surface area contributed by atoms with Gasteiger partial charge in [-0.15, -0.1) is 5.10 Å². The zero-order valence-corrected chi connectivity index (χ0v) is 15.3. The van der Waals surface area contributed by atoms with Crippen molar-refractivity contribution in [1.29, 1.82) is 0 Å². The predicted octanol–water partition coefficient (Wildman–Crippen LogP) is 2.68. The average molecular weight is 365 g/mol. The number of benzene rings is 2. The van der Waals surface area contributed by atoms with Gasteiger partial charge in [0.2, 0.25) is 0 Å². The predicted molar refractivity (Wildman–Crippen MR) is 101 cm³/mol. The van der Waals surface area contributed by atoms with Crippen LogP contribution in [0.5, 0.6) is 5.75 Å². The Hall–Kier alpha value is -2.77. The molecule has 2 aromatic carbocycles. The fraction of sp³-hybridized carbons (Fsp3) is 0.350. The first-order chi connectivity index (χ1) is 13.3. The smallest absolute Gasteiger partial charge is 0.143 e. The summed E-state index contributed by atoms with van der Waals surface area (Å²) in [4.78, 5) is 0. The number of aromatic nitrogens is 4. The largest absolute Gasteiger partial charge is 0.496 e. The molecular weight excluding hydrogens is 342 g/mol. The third-order valence-electron chi connectivity index (χ3n) is 4.89. The molecule has 4 rings (SSSR count). The number of piperidine rings is 1. The zero-order valence-electron chi connectivity index (χ0n) is 15.3. The number of tetrazole rings is 1. The van der Waals surface area contributed by atoms with Crippen LogP contribution in [0.1, 0.15) is 30.0 Å². The second-order valence-corrected chi connectivity index (χ2v) is 6.58. The van der Waals surface area contributed by atoms with Crippen LogP contribution in [-0.2, 0) is 11.3 Å². The lowest BCUT2D eigenvalue weighted by Gasteiger charge is -2.33. The summed E-state index contributed by atoms with van der Waals surface area (Å²) in [5.41, 5.74) is 3.11. The number of nitrogens with one attached hydrogen (secondary N) is 1. The molecule has 0 saturated carbocycles. The lowest BCUT2D eigenvalue weighted by molar-refractivity contribution is -0.00425. The molecule has 0 radical (unpaired) electrons. The van der Waals surface area contributed by atoms with Crippen LogP contribution in [0, 0.1) is 0 Å². The van der Waals surface area contributed by atoms with Gasteiger partial charge in [-0.1, -0.05) is 30.3 Å². The van der Waals surface area contributed by atoms with Gasteiger partial charge in [0.15, 0.2) is 0 Å². The maximum absolute atomic E-state index is 6.35. The Balaban J connectivity index is 1.52. The summed E-state index contributed by atoms with van der Waals surface area (Å²) in [5.74, 6) is 0.798. The molecule has 3 aromatic rings. The number of rotatable bonds is 6. The summed E-state index contributed by atoms with van der Waals surface area (Å²) in [5, 5.41) is 14.9. The molecule has 1 N–H and O–H groups in total. The Bertz CT molecular complexity index is 854. The fourth-order valence-corrected chi connectivity index (χ4v) is 3.53. The van der Waals surface area contributed by atoms with Crippen molar-refractivity contribution in [1.82, 2.24) is 25.5 Å². The van der Waals surface area contributed by atoms with E-state index in [4.69, 9.17) is 9.47 Å². The molecular formula is C20H23N5O2. The highest BCUT2D eigenvalue weighted by Gasteiger charge is 2.27. The Kier molecular flexibility index (Phi) is 5.41. The topological polar surface area (TPSA) is 74.1 Å². The Morgan fingerprint density at radius 3 is 2.85 bits per heavy atom. The van der Waals surface area contributed by atoms with E-state index in [1.807, 2.05) is 24.3 Å². The van der Waals surface area contributed by atoms with Crippen LogP contribution in [0.3, 0.4) is 0 Å². The molecule has 0 bridgehead atoms. The second-order valence-electron chi connectivity index (χ2n) is 6.58. The van der Waals surface area contributed by atoms with Gasteiger partial charge in [0.05, 0.1) is 31.5 Å². The average Bonchev–Trinajstić information content (AvgIpc) is 3.28. The zero-order chi connectivity index (χ0) is 18.5. The molecule has 0 aliphatic carbocycles. The minimum absolute atomic E-state index is 0.113. The van der Waals surface area contributed by atoms with Crippen molar-refractivity contribution in [2.24, 2.45) is 0 Å². The van der Waals surface area contributed by atoms with Crippen molar-refractivity contribution in [2.45, 2.75) is 31.6 Å². The van der Waals surface area contributed by atoms with Gasteiger partial charge in [0.25, 0.3) is 0 Å². The van der Waals surface area contributed by atoms with Gasteiger partial charge in [0, 0.05) is 5.56 Å². The van der Waals surface area contributed by atoms with Crippen molar-refractivity contribution >= 4 is 0 Å². The molecule has 0 spiro atoms. The molecule has 7 heteroatoms. The summed E-state index contributed by atoms with van der Waals surface area (Å²) in [6, 6.07) is 16.5. The van der Waals surface area contributed by atoms with Crippen molar-refractivity contribution in [2.75, 3.05) is 13.7 Å². The molecule has 1 aliphatic rings. The molecule has 140 valence electrons. The summed E-state index contributed by atoms with van der Waals surface area (Å²) < 4.78 is 13.5. The fourth-order valence-electron chi connectivity index (χ4n) is 3.53. The summed E-state index contributed by atoms with van der Waals surface area (Å²) in [7, 11) is 1.67. The van der Waals surface area contributed by atoms with E-state index < -0.39 is 0 Å². The van der Waals surface area contributed by atoms with Gasteiger partial charge in [0.1, 0.15) is 12.1 Å². The molecule has 2 atom stereocenters. The van der Waals surface area contributed by atoms with Gasteiger partial charge < -0.3 is 14.8 Å². The van der Waals surface area contributed by atoms with Gasteiger partial charge >= 0.3 is 0 Å². The van der Waals surface area contributed by atoms with E-state index in [-0.39, 0.29) is 12.1 Å². The van der Waals surface area contributed by atoms with Crippen LogP contribution in [0.4, 0.5) is 0 Å². The van der Waals surface area contributed by atoms with Crippen LogP contribution < -0.4 is 10.1 Å². The van der Waals surface area contributed by atoms with Crippen LogP contribution in [0.25, 0.3) is 5.69 Å². The monoisotopic (exact) mass is 365 g/mol. The third-order valence-corrected chi connectivity index (χ3v) is 4.89. The second kappa shape index (κ2) is 8.28. The van der Waals surface area contributed by atoms with Crippen molar-refractivity contribution < 1.29 is 9.47 Å². The maximum atomic E-state index is 6.35. The first-order valence-corrected chi connectivity index (χ1v) is 9.15. The highest BCUT2D eigenvalue weighted by atomic mass is 16.5. The molecule has 1 aliphatic heterocycles.